The summed E-state index contributed by atoms with van der Waals surface area (Å²) in [6, 6.07) is 9.35. The van der Waals surface area contributed by atoms with E-state index in [4.69, 9.17) is 9.47 Å². The molecule has 2 aliphatic rings. The summed E-state index contributed by atoms with van der Waals surface area (Å²) in [4.78, 5) is 12.5. The second kappa shape index (κ2) is 8.16. The molecule has 1 amide bonds. The molecule has 27 heavy (non-hydrogen) atoms. The van der Waals surface area contributed by atoms with Gasteiger partial charge in [-0.3, -0.25) is 4.79 Å². The van der Waals surface area contributed by atoms with Crippen molar-refractivity contribution in [2.45, 2.75) is 37.6 Å². The first-order chi connectivity index (χ1) is 13.2. The third-order valence-electron chi connectivity index (χ3n) is 5.17. The number of nitrogens with zero attached hydrogens (tertiary/aromatic N) is 3. The van der Waals surface area contributed by atoms with Crippen LogP contribution in [0.4, 0.5) is 0 Å². The molecule has 4 rings (SSSR count). The Kier molecular flexibility index (Phi) is 5.47. The van der Waals surface area contributed by atoms with Gasteiger partial charge in [0.25, 0.3) is 0 Å². The van der Waals surface area contributed by atoms with Crippen LogP contribution in [0.5, 0.6) is 0 Å². The van der Waals surface area contributed by atoms with E-state index in [1.807, 2.05) is 36.5 Å². The molecule has 1 aromatic carbocycles. The number of carbonyl (C=O) groups excluding carboxylic acids is 1. The van der Waals surface area contributed by atoms with Crippen LogP contribution in [-0.2, 0) is 20.8 Å². The van der Waals surface area contributed by atoms with E-state index in [1.165, 1.54) is 0 Å². The van der Waals surface area contributed by atoms with Gasteiger partial charge >= 0.3 is 0 Å². The lowest BCUT2D eigenvalue weighted by Crippen LogP contribution is -2.50. The molecule has 2 saturated heterocycles. The molecule has 8 heteroatoms. The highest BCUT2D eigenvalue weighted by atomic mass is 16.5. The Morgan fingerprint density at radius 1 is 1.26 bits per heavy atom. The summed E-state index contributed by atoms with van der Waals surface area (Å²) in [6.07, 6.45) is 2.19. The van der Waals surface area contributed by atoms with Crippen LogP contribution >= 0.6 is 0 Å². The molecule has 0 unspecified atom stereocenters. The average Bonchev–Trinajstić information content (AvgIpc) is 3.32. The van der Waals surface area contributed by atoms with E-state index in [0.29, 0.717) is 32.6 Å². The number of hydrogen-bond acceptors (Lipinski definition) is 6. The SMILES string of the molecule is O=C(N[C@@H]1[C@@H](O)CO[C@@H]1Cn1cc(-c2ccccc2)nn1)C1CCOCC1. The zero-order valence-electron chi connectivity index (χ0n) is 15.0. The van der Waals surface area contributed by atoms with Crippen LogP contribution in [0.1, 0.15) is 12.8 Å². The zero-order chi connectivity index (χ0) is 18.6. The number of carbonyl (C=O) groups is 1. The quantitative estimate of drug-likeness (QED) is 0.798. The van der Waals surface area contributed by atoms with Crippen molar-refractivity contribution in [2.75, 3.05) is 19.8 Å². The highest BCUT2D eigenvalue weighted by molar-refractivity contribution is 5.79. The smallest absolute Gasteiger partial charge is 0.223 e. The number of rotatable bonds is 5. The summed E-state index contributed by atoms with van der Waals surface area (Å²) in [5.41, 5.74) is 1.76. The largest absolute Gasteiger partial charge is 0.388 e. The minimum atomic E-state index is -0.726. The van der Waals surface area contributed by atoms with Crippen molar-refractivity contribution in [3.8, 4) is 11.3 Å². The third-order valence-corrected chi connectivity index (χ3v) is 5.17. The normalized spacial score (nSPS) is 26.2. The van der Waals surface area contributed by atoms with Gasteiger partial charge in [-0.2, -0.15) is 0 Å². The highest BCUT2D eigenvalue weighted by Crippen LogP contribution is 2.21. The van der Waals surface area contributed by atoms with Crippen molar-refractivity contribution in [2.24, 2.45) is 5.92 Å². The van der Waals surface area contributed by atoms with Gasteiger partial charge in [0.2, 0.25) is 5.91 Å². The molecule has 1 aromatic heterocycles. The van der Waals surface area contributed by atoms with Gasteiger partial charge in [-0.1, -0.05) is 35.5 Å². The van der Waals surface area contributed by atoms with Crippen LogP contribution in [-0.4, -0.2) is 64.1 Å². The number of amides is 1. The lowest BCUT2D eigenvalue weighted by molar-refractivity contribution is -0.129. The number of nitrogens with one attached hydrogen (secondary N) is 1. The van der Waals surface area contributed by atoms with Gasteiger partial charge in [-0.25, -0.2) is 4.68 Å². The van der Waals surface area contributed by atoms with Gasteiger partial charge in [0.05, 0.1) is 31.5 Å². The van der Waals surface area contributed by atoms with Crippen LogP contribution in [0.25, 0.3) is 11.3 Å². The van der Waals surface area contributed by atoms with Crippen molar-refractivity contribution < 1.29 is 19.4 Å². The Labute approximate surface area is 157 Å². The summed E-state index contributed by atoms with van der Waals surface area (Å²) in [6.45, 7) is 1.82. The molecule has 144 valence electrons. The summed E-state index contributed by atoms with van der Waals surface area (Å²) in [5, 5.41) is 21.6. The van der Waals surface area contributed by atoms with E-state index >= 15 is 0 Å². The zero-order valence-corrected chi connectivity index (χ0v) is 15.0. The summed E-state index contributed by atoms with van der Waals surface area (Å²) in [5.74, 6) is -0.107. The number of aliphatic hydroxyl groups is 1. The maximum Gasteiger partial charge on any atom is 0.223 e. The molecular weight excluding hydrogens is 348 g/mol. The summed E-state index contributed by atoms with van der Waals surface area (Å²) >= 11 is 0. The first-order valence-electron chi connectivity index (χ1n) is 9.34. The maximum atomic E-state index is 12.5. The topological polar surface area (TPSA) is 98.5 Å². The highest BCUT2D eigenvalue weighted by Gasteiger charge is 2.39. The summed E-state index contributed by atoms with van der Waals surface area (Å²) in [7, 11) is 0. The first kappa shape index (κ1) is 18.1. The molecule has 3 atom stereocenters. The van der Waals surface area contributed by atoms with E-state index in [0.717, 1.165) is 11.3 Å². The number of hydrogen-bond donors (Lipinski definition) is 2. The number of aromatic nitrogens is 3. The van der Waals surface area contributed by atoms with Crippen LogP contribution in [0.3, 0.4) is 0 Å². The third kappa shape index (κ3) is 4.18. The molecule has 0 aliphatic carbocycles. The van der Waals surface area contributed by atoms with Crippen LogP contribution in [0, 0.1) is 5.92 Å². The molecular formula is C19H24N4O4. The fourth-order valence-electron chi connectivity index (χ4n) is 3.59. The standard InChI is InChI=1S/C19H24N4O4/c24-16-12-27-17(18(16)20-19(25)14-6-8-26-9-7-14)11-23-10-15(21-22-23)13-4-2-1-3-5-13/h1-5,10,14,16-18,24H,6-9,11-12H2,(H,20,25)/t16-,17+,18+/m0/s1. The lowest BCUT2D eigenvalue weighted by atomic mass is 9.98. The van der Waals surface area contributed by atoms with Gasteiger partial charge in [0, 0.05) is 24.7 Å². The summed E-state index contributed by atoms with van der Waals surface area (Å²) < 4.78 is 12.7. The van der Waals surface area contributed by atoms with Gasteiger partial charge < -0.3 is 19.9 Å². The van der Waals surface area contributed by atoms with Gasteiger partial charge in [-0.05, 0) is 12.8 Å². The Morgan fingerprint density at radius 3 is 2.81 bits per heavy atom. The van der Waals surface area contributed by atoms with E-state index < -0.39 is 12.1 Å². The monoisotopic (exact) mass is 372 g/mol. The molecule has 8 nitrogen and oxygen atoms in total. The predicted molar refractivity (Wildman–Crippen MR) is 96.7 cm³/mol. The van der Waals surface area contributed by atoms with Gasteiger partial charge in [0.1, 0.15) is 11.8 Å². The van der Waals surface area contributed by atoms with Crippen molar-refractivity contribution in [1.82, 2.24) is 20.3 Å². The van der Waals surface area contributed by atoms with Crippen LogP contribution in [0.2, 0.25) is 0 Å². The Hall–Kier alpha value is -2.29. The van der Waals surface area contributed by atoms with E-state index in [-0.39, 0.29) is 24.5 Å². The second-order valence-electron chi connectivity index (χ2n) is 7.05. The Morgan fingerprint density at radius 2 is 2.04 bits per heavy atom. The number of benzene rings is 1. The van der Waals surface area contributed by atoms with Crippen molar-refractivity contribution in [3.63, 3.8) is 0 Å². The Bertz CT molecular complexity index is 760. The first-order valence-corrected chi connectivity index (χ1v) is 9.34. The predicted octanol–water partition coefficient (Wildman–Crippen LogP) is 0.616. The van der Waals surface area contributed by atoms with Crippen molar-refractivity contribution in [1.29, 1.82) is 0 Å². The van der Waals surface area contributed by atoms with E-state index in [2.05, 4.69) is 15.6 Å². The molecule has 0 saturated carbocycles. The minimum absolute atomic E-state index is 0.0404. The van der Waals surface area contributed by atoms with Gasteiger partial charge in [-0.15, -0.1) is 5.10 Å². The molecule has 3 heterocycles. The fourth-order valence-corrected chi connectivity index (χ4v) is 3.59. The van der Waals surface area contributed by atoms with Crippen LogP contribution < -0.4 is 5.32 Å². The molecule has 0 bridgehead atoms. The molecule has 0 spiro atoms. The minimum Gasteiger partial charge on any atom is -0.388 e. The van der Waals surface area contributed by atoms with E-state index in [1.54, 1.807) is 4.68 Å². The molecule has 2 fully saturated rings. The van der Waals surface area contributed by atoms with Crippen LogP contribution in [0.15, 0.2) is 36.5 Å². The molecule has 0 radical (unpaired) electrons. The number of aliphatic hydroxyl groups excluding tert-OH is 1. The fraction of sp³-hybridized carbons (Fsp3) is 0.526. The van der Waals surface area contributed by atoms with Gasteiger partial charge in [0.15, 0.2) is 0 Å². The van der Waals surface area contributed by atoms with Crippen molar-refractivity contribution in [3.05, 3.63) is 36.5 Å². The maximum absolute atomic E-state index is 12.5. The second-order valence-corrected chi connectivity index (χ2v) is 7.05. The Balaban J connectivity index is 1.40. The van der Waals surface area contributed by atoms with Crippen molar-refractivity contribution >= 4 is 5.91 Å². The number of ether oxygens (including phenoxy) is 2. The molecule has 2 N–H and O–H groups in total. The lowest BCUT2D eigenvalue weighted by Gasteiger charge is -2.26. The molecule has 2 aliphatic heterocycles. The average molecular weight is 372 g/mol. The molecule has 2 aromatic rings. The van der Waals surface area contributed by atoms with E-state index in [9.17, 15) is 9.90 Å².